The third kappa shape index (κ3) is 2.93. The number of hydrogen-bond donors (Lipinski definition) is 1. The number of halogens is 4. The molecule has 0 saturated heterocycles. The molecule has 0 bridgehead atoms. The lowest BCUT2D eigenvalue weighted by atomic mass is 9.88. The molecule has 0 aliphatic heterocycles. The molecule has 0 amide bonds. The zero-order chi connectivity index (χ0) is 11.8. The van der Waals surface area contributed by atoms with Gasteiger partial charge in [-0.2, -0.15) is 13.2 Å². The average Bonchev–Trinajstić information content (AvgIpc) is 2.66. The SMILES string of the molecule is Cl.NC1(c2cccc(C(F)(F)F)c2)CCCC1. The van der Waals surface area contributed by atoms with Gasteiger partial charge in [0.15, 0.2) is 0 Å². The maximum Gasteiger partial charge on any atom is 0.416 e. The summed E-state index contributed by atoms with van der Waals surface area (Å²) in [6, 6.07) is 5.40. The van der Waals surface area contributed by atoms with Gasteiger partial charge in [-0.05, 0) is 30.5 Å². The lowest BCUT2D eigenvalue weighted by molar-refractivity contribution is -0.137. The quantitative estimate of drug-likeness (QED) is 0.820. The van der Waals surface area contributed by atoms with Crippen LogP contribution >= 0.6 is 12.4 Å². The van der Waals surface area contributed by atoms with Crippen LogP contribution in [-0.2, 0) is 11.7 Å². The molecule has 1 aliphatic rings. The second kappa shape index (κ2) is 4.86. The standard InChI is InChI=1S/C12H14F3N.ClH/c13-12(14,15)10-5-3-4-9(8-10)11(16)6-1-2-7-11;/h3-5,8H,1-2,6-7,16H2;1H. The van der Waals surface area contributed by atoms with E-state index in [9.17, 15) is 13.2 Å². The third-order valence-electron chi connectivity index (χ3n) is 3.26. The van der Waals surface area contributed by atoms with Gasteiger partial charge >= 0.3 is 6.18 Å². The number of alkyl halides is 3. The Labute approximate surface area is 105 Å². The van der Waals surface area contributed by atoms with Crippen molar-refractivity contribution in [3.8, 4) is 0 Å². The molecule has 1 fully saturated rings. The normalized spacial score (nSPS) is 18.8. The maximum absolute atomic E-state index is 12.5. The second-order valence-corrected chi connectivity index (χ2v) is 4.44. The fourth-order valence-electron chi connectivity index (χ4n) is 2.30. The minimum Gasteiger partial charge on any atom is -0.321 e. The van der Waals surface area contributed by atoms with E-state index >= 15 is 0 Å². The minimum atomic E-state index is -4.29. The summed E-state index contributed by atoms with van der Waals surface area (Å²) in [5.41, 5.74) is 5.57. The van der Waals surface area contributed by atoms with Gasteiger partial charge in [0.1, 0.15) is 0 Å². The van der Waals surface area contributed by atoms with E-state index in [0.717, 1.165) is 31.7 Å². The van der Waals surface area contributed by atoms with Crippen LogP contribution in [0, 0.1) is 0 Å². The van der Waals surface area contributed by atoms with Crippen molar-refractivity contribution in [1.29, 1.82) is 0 Å². The molecule has 17 heavy (non-hydrogen) atoms. The summed E-state index contributed by atoms with van der Waals surface area (Å²) < 4.78 is 37.6. The first-order valence-corrected chi connectivity index (χ1v) is 5.38. The number of rotatable bonds is 1. The summed E-state index contributed by atoms with van der Waals surface area (Å²) in [5.74, 6) is 0. The van der Waals surface area contributed by atoms with Crippen molar-refractivity contribution in [3.63, 3.8) is 0 Å². The van der Waals surface area contributed by atoms with Crippen LogP contribution < -0.4 is 5.73 Å². The molecule has 2 rings (SSSR count). The van der Waals surface area contributed by atoms with E-state index in [-0.39, 0.29) is 12.4 Å². The first-order chi connectivity index (χ1) is 7.42. The fraction of sp³-hybridized carbons (Fsp3) is 0.500. The molecule has 0 atom stereocenters. The van der Waals surface area contributed by atoms with Crippen molar-refractivity contribution in [1.82, 2.24) is 0 Å². The first-order valence-electron chi connectivity index (χ1n) is 5.38. The molecule has 1 saturated carbocycles. The van der Waals surface area contributed by atoms with Crippen LogP contribution in [0.5, 0.6) is 0 Å². The van der Waals surface area contributed by atoms with E-state index in [2.05, 4.69) is 0 Å². The Hall–Kier alpha value is -0.740. The Morgan fingerprint density at radius 3 is 2.24 bits per heavy atom. The molecule has 2 N–H and O–H groups in total. The van der Waals surface area contributed by atoms with Gasteiger partial charge in [-0.3, -0.25) is 0 Å². The molecule has 0 heterocycles. The Bertz CT molecular complexity index is 384. The highest BCUT2D eigenvalue weighted by Gasteiger charge is 2.35. The predicted molar refractivity (Wildman–Crippen MR) is 63.0 cm³/mol. The summed E-state index contributed by atoms with van der Waals surface area (Å²) in [6.07, 6.45) is -0.757. The van der Waals surface area contributed by atoms with Crippen LogP contribution in [0.3, 0.4) is 0 Å². The van der Waals surface area contributed by atoms with Crippen LogP contribution in [0.2, 0.25) is 0 Å². The van der Waals surface area contributed by atoms with Crippen molar-refractivity contribution in [2.24, 2.45) is 5.73 Å². The Kier molecular flexibility index (Phi) is 4.10. The van der Waals surface area contributed by atoms with Gasteiger partial charge in [-0.1, -0.05) is 25.0 Å². The smallest absolute Gasteiger partial charge is 0.321 e. The zero-order valence-electron chi connectivity index (χ0n) is 9.26. The summed E-state index contributed by atoms with van der Waals surface area (Å²) in [4.78, 5) is 0. The number of hydrogen-bond acceptors (Lipinski definition) is 1. The van der Waals surface area contributed by atoms with Gasteiger partial charge in [-0.15, -0.1) is 12.4 Å². The Morgan fingerprint density at radius 1 is 1.12 bits per heavy atom. The highest BCUT2D eigenvalue weighted by Crippen LogP contribution is 2.38. The largest absolute Gasteiger partial charge is 0.416 e. The van der Waals surface area contributed by atoms with Crippen LogP contribution in [0.25, 0.3) is 0 Å². The summed E-state index contributed by atoms with van der Waals surface area (Å²) in [7, 11) is 0. The average molecular weight is 266 g/mol. The predicted octanol–water partition coefficient (Wildman–Crippen LogP) is 3.86. The molecule has 0 spiro atoms. The molecule has 1 aliphatic carbocycles. The summed E-state index contributed by atoms with van der Waals surface area (Å²) in [6.45, 7) is 0. The van der Waals surface area contributed by atoms with Crippen molar-refractivity contribution in [2.75, 3.05) is 0 Å². The first kappa shape index (κ1) is 14.3. The van der Waals surface area contributed by atoms with Gasteiger partial charge in [-0.25, -0.2) is 0 Å². The van der Waals surface area contributed by atoms with E-state index in [1.165, 1.54) is 12.1 Å². The molecule has 1 nitrogen and oxygen atoms in total. The van der Waals surface area contributed by atoms with E-state index in [0.29, 0.717) is 5.56 Å². The van der Waals surface area contributed by atoms with Crippen LogP contribution in [0.1, 0.15) is 36.8 Å². The molecule has 0 radical (unpaired) electrons. The second-order valence-electron chi connectivity index (χ2n) is 4.44. The van der Waals surface area contributed by atoms with Crippen molar-refractivity contribution < 1.29 is 13.2 Å². The van der Waals surface area contributed by atoms with E-state index < -0.39 is 17.3 Å². The minimum absolute atomic E-state index is 0. The van der Waals surface area contributed by atoms with Gasteiger partial charge in [0, 0.05) is 5.54 Å². The topological polar surface area (TPSA) is 26.0 Å². The van der Waals surface area contributed by atoms with Crippen LogP contribution in [0.15, 0.2) is 24.3 Å². The van der Waals surface area contributed by atoms with Crippen LogP contribution in [-0.4, -0.2) is 0 Å². The summed E-state index contributed by atoms with van der Waals surface area (Å²) in [5, 5.41) is 0. The maximum atomic E-state index is 12.5. The van der Waals surface area contributed by atoms with Crippen molar-refractivity contribution in [3.05, 3.63) is 35.4 Å². The van der Waals surface area contributed by atoms with Gasteiger partial charge < -0.3 is 5.73 Å². The van der Waals surface area contributed by atoms with E-state index in [1.54, 1.807) is 6.07 Å². The third-order valence-corrected chi connectivity index (χ3v) is 3.26. The molecule has 1 aromatic rings. The van der Waals surface area contributed by atoms with Crippen molar-refractivity contribution in [2.45, 2.75) is 37.4 Å². The van der Waals surface area contributed by atoms with Gasteiger partial charge in [0.05, 0.1) is 5.56 Å². The molecule has 0 aromatic heterocycles. The Balaban J connectivity index is 0.00000144. The lowest BCUT2D eigenvalue weighted by Gasteiger charge is -2.25. The Morgan fingerprint density at radius 2 is 1.71 bits per heavy atom. The molecule has 96 valence electrons. The fourth-order valence-corrected chi connectivity index (χ4v) is 2.30. The lowest BCUT2D eigenvalue weighted by Crippen LogP contribution is -2.33. The van der Waals surface area contributed by atoms with Crippen LogP contribution in [0.4, 0.5) is 13.2 Å². The molecule has 0 unspecified atom stereocenters. The van der Waals surface area contributed by atoms with E-state index in [1.807, 2.05) is 0 Å². The molecular formula is C12H15ClF3N. The van der Waals surface area contributed by atoms with Gasteiger partial charge in [0.2, 0.25) is 0 Å². The van der Waals surface area contributed by atoms with Crippen molar-refractivity contribution >= 4 is 12.4 Å². The monoisotopic (exact) mass is 265 g/mol. The molecular weight excluding hydrogens is 251 g/mol. The highest BCUT2D eigenvalue weighted by molar-refractivity contribution is 5.85. The number of benzene rings is 1. The molecule has 5 heteroatoms. The number of nitrogens with two attached hydrogens (primary N) is 1. The summed E-state index contributed by atoms with van der Waals surface area (Å²) >= 11 is 0. The zero-order valence-corrected chi connectivity index (χ0v) is 10.1. The van der Waals surface area contributed by atoms with Gasteiger partial charge in [0.25, 0.3) is 0 Å². The molecule has 1 aromatic carbocycles. The highest BCUT2D eigenvalue weighted by atomic mass is 35.5. The van der Waals surface area contributed by atoms with E-state index in [4.69, 9.17) is 5.73 Å².